The fourth-order valence-electron chi connectivity index (χ4n) is 2.27. The molecule has 0 bridgehead atoms. The first-order valence-electron chi connectivity index (χ1n) is 7.70. The van der Waals surface area contributed by atoms with Gasteiger partial charge < -0.3 is 14.9 Å². The van der Waals surface area contributed by atoms with Gasteiger partial charge in [-0.2, -0.15) is 8.42 Å². The van der Waals surface area contributed by atoms with Crippen LogP contribution in [-0.2, 0) is 14.9 Å². The van der Waals surface area contributed by atoms with Gasteiger partial charge in [-0.1, -0.05) is 19.3 Å². The van der Waals surface area contributed by atoms with E-state index >= 15 is 0 Å². The predicted molar refractivity (Wildman–Crippen MR) is 86.4 cm³/mol. The molecule has 1 rings (SSSR count). The lowest BCUT2D eigenvalue weighted by molar-refractivity contribution is -0.862. The highest BCUT2D eigenvalue weighted by Gasteiger charge is 2.12. The van der Waals surface area contributed by atoms with Crippen molar-refractivity contribution in [2.24, 2.45) is 0 Å². The maximum Gasteiger partial charge on any atom is 0.359 e. The molecule has 3 N–H and O–H groups in total. The third-order valence-electron chi connectivity index (χ3n) is 3.23. The molecule has 0 radical (unpaired) electrons. The van der Waals surface area contributed by atoms with E-state index in [-0.39, 0.29) is 12.3 Å². The number of hydrogen-bond donors (Lipinski definition) is 3. The Morgan fingerprint density at radius 2 is 1.73 bits per heavy atom. The van der Waals surface area contributed by atoms with E-state index in [0.29, 0.717) is 23.5 Å². The van der Waals surface area contributed by atoms with Gasteiger partial charge >= 0.3 is 5.97 Å². The average molecular weight is 339 g/mol. The summed E-state index contributed by atoms with van der Waals surface area (Å²) in [5.41, 5.74) is 0. The molecule has 1 aliphatic carbocycles. The molecule has 0 saturated heterocycles. The zero-order chi connectivity index (χ0) is 17.2. The molecule has 0 unspecified atom stereocenters. The Hall–Kier alpha value is -0.700. The molecule has 1 fully saturated rings. The van der Waals surface area contributed by atoms with Gasteiger partial charge in [0.25, 0.3) is 10.1 Å². The standard InChI is InChI=1S/C9H19NO3S.C5H11NO2/c11-14(12,13)8-4-7-10-9-5-2-1-3-6-9;1-6(2,3)4-5(7)8/h9-10H,1-8H2,(H,11,12,13);4H2,1-3H3/p+1. The highest BCUT2D eigenvalue weighted by atomic mass is 32.2. The Morgan fingerprint density at radius 1 is 1.18 bits per heavy atom. The minimum atomic E-state index is -3.77. The number of rotatable bonds is 7. The molecule has 0 aromatic carbocycles. The molecule has 22 heavy (non-hydrogen) atoms. The van der Waals surface area contributed by atoms with Crippen LogP contribution in [0.3, 0.4) is 0 Å². The first-order chi connectivity index (χ1) is 9.99. The van der Waals surface area contributed by atoms with Gasteiger partial charge in [0.2, 0.25) is 0 Å². The number of quaternary nitrogens is 1. The van der Waals surface area contributed by atoms with E-state index < -0.39 is 16.1 Å². The molecule has 0 aliphatic heterocycles. The lowest BCUT2D eigenvalue weighted by Gasteiger charge is -2.22. The van der Waals surface area contributed by atoms with E-state index in [9.17, 15) is 13.2 Å². The van der Waals surface area contributed by atoms with Crippen LogP contribution in [0.5, 0.6) is 0 Å². The largest absolute Gasteiger partial charge is 0.477 e. The minimum absolute atomic E-state index is 0.132. The first kappa shape index (κ1) is 21.3. The summed E-state index contributed by atoms with van der Waals surface area (Å²) < 4.78 is 29.8. The summed E-state index contributed by atoms with van der Waals surface area (Å²) in [6.45, 7) is 0.866. The third kappa shape index (κ3) is 15.7. The maximum absolute atomic E-state index is 10.4. The molecular weight excluding hydrogens is 308 g/mol. The van der Waals surface area contributed by atoms with Crippen LogP contribution >= 0.6 is 0 Å². The van der Waals surface area contributed by atoms with Crippen molar-refractivity contribution in [2.75, 3.05) is 40.0 Å². The summed E-state index contributed by atoms with van der Waals surface area (Å²) >= 11 is 0. The van der Waals surface area contributed by atoms with E-state index in [1.165, 1.54) is 32.1 Å². The number of carboxylic acids is 1. The van der Waals surface area contributed by atoms with E-state index in [1.807, 2.05) is 21.1 Å². The van der Waals surface area contributed by atoms with E-state index in [2.05, 4.69) is 5.32 Å². The lowest BCUT2D eigenvalue weighted by atomic mass is 9.95. The van der Waals surface area contributed by atoms with Gasteiger partial charge in [0.1, 0.15) is 0 Å². The number of nitrogens with one attached hydrogen (secondary N) is 1. The normalized spacial score (nSPS) is 16.7. The summed E-state index contributed by atoms with van der Waals surface area (Å²) in [4.78, 5) is 10.00. The van der Waals surface area contributed by atoms with Crippen LogP contribution in [0.15, 0.2) is 0 Å². The van der Waals surface area contributed by atoms with Crippen molar-refractivity contribution in [1.82, 2.24) is 5.32 Å². The van der Waals surface area contributed by atoms with Crippen molar-refractivity contribution in [3.63, 3.8) is 0 Å². The van der Waals surface area contributed by atoms with Crippen molar-refractivity contribution in [2.45, 2.75) is 44.6 Å². The topological polar surface area (TPSA) is 104 Å². The van der Waals surface area contributed by atoms with Crippen LogP contribution in [0, 0.1) is 0 Å². The second-order valence-corrected chi connectivity index (χ2v) is 8.34. The Bertz CT molecular complexity index is 411. The summed E-state index contributed by atoms with van der Waals surface area (Å²) in [5.74, 6) is -0.885. The van der Waals surface area contributed by atoms with Crippen LogP contribution in [-0.4, -0.2) is 74.6 Å². The smallest absolute Gasteiger partial charge is 0.359 e. The van der Waals surface area contributed by atoms with Gasteiger partial charge in [-0.05, 0) is 25.8 Å². The molecule has 0 atom stereocenters. The van der Waals surface area contributed by atoms with Crippen LogP contribution < -0.4 is 5.32 Å². The number of carbonyl (C=O) groups is 1. The number of aliphatic carboxylic acids is 1. The molecule has 0 amide bonds. The van der Waals surface area contributed by atoms with Crippen molar-refractivity contribution in [1.29, 1.82) is 0 Å². The van der Waals surface area contributed by atoms with Gasteiger partial charge in [-0.15, -0.1) is 0 Å². The predicted octanol–water partition coefficient (Wildman–Crippen LogP) is 0.964. The fraction of sp³-hybridized carbons (Fsp3) is 0.929. The number of likely N-dealkylation sites (N-methyl/N-ethyl adjacent to an activating group) is 1. The Balaban J connectivity index is 0.000000472. The van der Waals surface area contributed by atoms with Crippen molar-refractivity contribution in [3.05, 3.63) is 0 Å². The molecule has 0 aromatic rings. The van der Waals surface area contributed by atoms with Gasteiger partial charge in [-0.25, -0.2) is 4.79 Å². The van der Waals surface area contributed by atoms with Crippen LogP contribution in [0.2, 0.25) is 0 Å². The quantitative estimate of drug-likeness (QED) is 0.363. The zero-order valence-electron chi connectivity index (χ0n) is 13.9. The first-order valence-corrected chi connectivity index (χ1v) is 9.31. The molecule has 7 nitrogen and oxygen atoms in total. The average Bonchev–Trinajstić information content (AvgIpc) is 2.32. The molecule has 0 aromatic heterocycles. The molecular formula is C14H31N2O5S+. The van der Waals surface area contributed by atoms with E-state index in [0.717, 1.165) is 0 Å². The summed E-state index contributed by atoms with van der Waals surface area (Å²) in [6, 6.07) is 0.560. The highest BCUT2D eigenvalue weighted by molar-refractivity contribution is 7.85. The Labute approximate surface area is 134 Å². The van der Waals surface area contributed by atoms with Crippen molar-refractivity contribution in [3.8, 4) is 0 Å². The van der Waals surface area contributed by atoms with Crippen LogP contribution in [0.25, 0.3) is 0 Å². The van der Waals surface area contributed by atoms with Gasteiger partial charge in [0, 0.05) is 6.04 Å². The highest BCUT2D eigenvalue weighted by Crippen LogP contribution is 2.17. The maximum atomic E-state index is 10.4. The molecule has 1 aliphatic rings. The van der Waals surface area contributed by atoms with Crippen LogP contribution in [0.1, 0.15) is 38.5 Å². The monoisotopic (exact) mass is 339 g/mol. The van der Waals surface area contributed by atoms with Gasteiger partial charge in [0.15, 0.2) is 6.54 Å². The second kappa shape index (κ2) is 10.1. The second-order valence-electron chi connectivity index (χ2n) is 6.77. The Kier molecular flexibility index (Phi) is 9.82. The molecule has 8 heteroatoms. The van der Waals surface area contributed by atoms with Gasteiger partial charge in [0.05, 0.1) is 26.9 Å². The van der Waals surface area contributed by atoms with Crippen molar-refractivity contribution < 1.29 is 27.4 Å². The van der Waals surface area contributed by atoms with Gasteiger partial charge in [-0.3, -0.25) is 4.55 Å². The van der Waals surface area contributed by atoms with Crippen molar-refractivity contribution >= 4 is 16.1 Å². The fourth-order valence-corrected chi connectivity index (χ4v) is 2.78. The SMILES string of the molecule is C[N+](C)(C)CC(=O)O.O=S(=O)(O)CCCNC1CCCCC1. The molecule has 0 heterocycles. The molecule has 1 saturated carbocycles. The lowest BCUT2D eigenvalue weighted by Crippen LogP contribution is -2.39. The minimum Gasteiger partial charge on any atom is -0.477 e. The summed E-state index contributed by atoms with van der Waals surface area (Å²) in [6.07, 6.45) is 6.77. The van der Waals surface area contributed by atoms with Crippen LogP contribution in [0.4, 0.5) is 0 Å². The molecule has 132 valence electrons. The molecule has 0 spiro atoms. The van der Waals surface area contributed by atoms with E-state index in [1.54, 1.807) is 0 Å². The third-order valence-corrected chi connectivity index (χ3v) is 4.03. The Morgan fingerprint density at radius 3 is 2.09 bits per heavy atom. The zero-order valence-corrected chi connectivity index (χ0v) is 14.7. The number of nitrogens with zero attached hydrogens (tertiary/aromatic N) is 1. The number of hydrogen-bond acceptors (Lipinski definition) is 4. The van der Waals surface area contributed by atoms with E-state index in [4.69, 9.17) is 9.66 Å². The summed E-state index contributed by atoms with van der Waals surface area (Å²) in [5, 5.41) is 11.6. The summed E-state index contributed by atoms with van der Waals surface area (Å²) in [7, 11) is 1.76. The number of carboxylic acid groups (broad SMARTS) is 1.